The molecule has 0 saturated carbocycles. The highest BCUT2D eigenvalue weighted by Crippen LogP contribution is 2.15. The van der Waals surface area contributed by atoms with E-state index in [1.165, 1.54) is 11.3 Å². The summed E-state index contributed by atoms with van der Waals surface area (Å²) in [5.74, 6) is 1.04. The van der Waals surface area contributed by atoms with Crippen molar-refractivity contribution in [2.45, 2.75) is 19.3 Å². The van der Waals surface area contributed by atoms with Gasteiger partial charge >= 0.3 is 0 Å². The number of nitrogen functional groups attached to an aromatic ring is 1. The van der Waals surface area contributed by atoms with Crippen LogP contribution in [-0.4, -0.2) is 15.0 Å². The summed E-state index contributed by atoms with van der Waals surface area (Å²) in [7, 11) is 0. The molecule has 0 aliphatic carbocycles. The normalized spacial score (nSPS) is 11.1. The fraction of sp³-hybridized carbons (Fsp3) is 0.231. The van der Waals surface area contributed by atoms with Crippen LogP contribution in [0.4, 0.5) is 5.13 Å². The van der Waals surface area contributed by atoms with Crippen LogP contribution in [0.25, 0.3) is 11.0 Å². The van der Waals surface area contributed by atoms with Crippen molar-refractivity contribution in [2.75, 3.05) is 5.73 Å². The first kappa shape index (κ1) is 11.2. The van der Waals surface area contributed by atoms with E-state index >= 15 is 0 Å². The van der Waals surface area contributed by atoms with Crippen LogP contribution in [0.2, 0.25) is 0 Å². The summed E-state index contributed by atoms with van der Waals surface area (Å²) in [5.41, 5.74) is 8.81. The highest BCUT2D eigenvalue weighted by atomic mass is 32.1. The van der Waals surface area contributed by atoms with Gasteiger partial charge in [0, 0.05) is 11.8 Å². The maximum Gasteiger partial charge on any atom is 0.180 e. The molecule has 0 amide bonds. The smallest absolute Gasteiger partial charge is 0.180 e. The van der Waals surface area contributed by atoms with Crippen molar-refractivity contribution in [3.05, 3.63) is 41.2 Å². The number of thiazole rings is 1. The predicted molar refractivity (Wildman–Crippen MR) is 74.6 cm³/mol. The molecule has 0 spiro atoms. The number of anilines is 1. The van der Waals surface area contributed by atoms with Crippen molar-refractivity contribution in [1.82, 2.24) is 15.0 Å². The van der Waals surface area contributed by atoms with Crippen molar-refractivity contribution in [2.24, 2.45) is 0 Å². The number of nitrogens with zero attached hydrogens (tertiary/aromatic N) is 2. The van der Waals surface area contributed by atoms with Gasteiger partial charge in [-0.15, -0.1) is 11.3 Å². The summed E-state index contributed by atoms with van der Waals surface area (Å²) >= 11 is 1.50. The van der Waals surface area contributed by atoms with Gasteiger partial charge in [0.25, 0.3) is 0 Å². The van der Waals surface area contributed by atoms with Gasteiger partial charge in [-0.2, -0.15) is 0 Å². The van der Waals surface area contributed by atoms with E-state index in [-0.39, 0.29) is 0 Å². The second-order valence-corrected chi connectivity index (χ2v) is 5.12. The van der Waals surface area contributed by atoms with Gasteiger partial charge in [-0.1, -0.05) is 12.1 Å². The number of nitrogens with one attached hydrogen (secondary N) is 1. The Kier molecular flexibility index (Phi) is 2.98. The van der Waals surface area contributed by atoms with Crippen LogP contribution in [0.15, 0.2) is 29.6 Å². The summed E-state index contributed by atoms with van der Waals surface area (Å²) in [6.45, 7) is 0. The number of aromatic nitrogens is 3. The molecule has 0 aliphatic rings. The number of rotatable bonds is 4. The van der Waals surface area contributed by atoms with Crippen LogP contribution in [-0.2, 0) is 12.8 Å². The number of para-hydroxylation sites is 2. The maximum absolute atomic E-state index is 5.60. The van der Waals surface area contributed by atoms with E-state index in [0.29, 0.717) is 5.13 Å². The zero-order valence-corrected chi connectivity index (χ0v) is 10.7. The third-order valence-electron chi connectivity index (χ3n) is 2.85. The molecule has 92 valence electrons. The summed E-state index contributed by atoms with van der Waals surface area (Å²) in [4.78, 5) is 12.1. The highest BCUT2D eigenvalue weighted by molar-refractivity contribution is 7.13. The van der Waals surface area contributed by atoms with Crippen molar-refractivity contribution < 1.29 is 0 Å². The van der Waals surface area contributed by atoms with Gasteiger partial charge in [0.15, 0.2) is 5.13 Å². The Morgan fingerprint density at radius 1 is 1.17 bits per heavy atom. The number of imidazole rings is 1. The van der Waals surface area contributed by atoms with E-state index in [4.69, 9.17) is 5.73 Å². The molecule has 3 aromatic rings. The minimum atomic E-state index is 0.647. The van der Waals surface area contributed by atoms with Gasteiger partial charge < -0.3 is 10.7 Å². The Balaban J connectivity index is 1.62. The molecule has 0 radical (unpaired) electrons. The quantitative estimate of drug-likeness (QED) is 0.756. The number of hydrogen-bond donors (Lipinski definition) is 2. The number of hydrogen-bond acceptors (Lipinski definition) is 4. The third kappa shape index (κ3) is 2.36. The lowest BCUT2D eigenvalue weighted by Crippen LogP contribution is -1.93. The lowest BCUT2D eigenvalue weighted by molar-refractivity contribution is 0.774. The van der Waals surface area contributed by atoms with E-state index in [1.54, 1.807) is 0 Å². The van der Waals surface area contributed by atoms with Crippen LogP contribution in [0.5, 0.6) is 0 Å². The maximum atomic E-state index is 5.60. The van der Waals surface area contributed by atoms with Crippen LogP contribution >= 0.6 is 11.3 Å². The number of aryl methyl sites for hydroxylation is 2. The van der Waals surface area contributed by atoms with Gasteiger partial charge in [0.1, 0.15) is 5.82 Å². The summed E-state index contributed by atoms with van der Waals surface area (Å²) in [6.07, 6.45) is 2.92. The average molecular weight is 258 g/mol. The molecule has 1 aromatic carbocycles. The monoisotopic (exact) mass is 258 g/mol. The van der Waals surface area contributed by atoms with E-state index in [1.807, 2.05) is 29.6 Å². The molecule has 3 N–H and O–H groups in total. The fourth-order valence-electron chi connectivity index (χ4n) is 2.00. The molecule has 5 heteroatoms. The van der Waals surface area contributed by atoms with Crippen molar-refractivity contribution >= 4 is 27.5 Å². The van der Waals surface area contributed by atoms with Crippen LogP contribution in [0.1, 0.15) is 17.9 Å². The highest BCUT2D eigenvalue weighted by Gasteiger charge is 2.03. The Morgan fingerprint density at radius 3 is 2.83 bits per heavy atom. The third-order valence-corrected chi connectivity index (χ3v) is 3.58. The minimum Gasteiger partial charge on any atom is -0.375 e. The SMILES string of the molecule is Nc1nc(CCCc2nc3ccccc3[nH]2)cs1. The van der Waals surface area contributed by atoms with E-state index < -0.39 is 0 Å². The Bertz CT molecular complexity index is 623. The van der Waals surface area contributed by atoms with Crippen molar-refractivity contribution in [3.8, 4) is 0 Å². The summed E-state index contributed by atoms with van der Waals surface area (Å²) in [5, 5.41) is 2.67. The van der Waals surface area contributed by atoms with Crippen LogP contribution < -0.4 is 5.73 Å². The molecular weight excluding hydrogens is 244 g/mol. The van der Waals surface area contributed by atoms with Gasteiger partial charge in [-0.05, 0) is 25.0 Å². The molecule has 3 rings (SSSR count). The summed E-state index contributed by atoms with van der Waals surface area (Å²) < 4.78 is 0. The zero-order valence-electron chi connectivity index (χ0n) is 9.89. The number of benzene rings is 1. The first-order chi connectivity index (χ1) is 8.81. The van der Waals surface area contributed by atoms with Crippen LogP contribution in [0.3, 0.4) is 0 Å². The minimum absolute atomic E-state index is 0.647. The molecule has 0 bridgehead atoms. The number of nitrogens with two attached hydrogens (primary N) is 1. The van der Waals surface area contributed by atoms with Crippen molar-refractivity contribution in [3.63, 3.8) is 0 Å². The largest absolute Gasteiger partial charge is 0.375 e. The Morgan fingerprint density at radius 2 is 2.06 bits per heavy atom. The molecule has 4 nitrogen and oxygen atoms in total. The molecule has 0 unspecified atom stereocenters. The molecule has 18 heavy (non-hydrogen) atoms. The number of fused-ring (bicyclic) bond motifs is 1. The topological polar surface area (TPSA) is 67.6 Å². The molecular formula is C13H14N4S. The zero-order chi connectivity index (χ0) is 12.4. The molecule has 2 aromatic heterocycles. The Hall–Kier alpha value is -1.88. The molecule has 0 aliphatic heterocycles. The second kappa shape index (κ2) is 4.78. The standard InChI is InChI=1S/C13H14N4S/c14-13-15-9(8-18-13)4-3-7-12-16-10-5-1-2-6-11(10)17-12/h1-2,5-6,8H,3-4,7H2,(H2,14,15)(H,16,17). The molecule has 0 fully saturated rings. The lowest BCUT2D eigenvalue weighted by Gasteiger charge is -1.95. The van der Waals surface area contributed by atoms with E-state index in [0.717, 1.165) is 41.8 Å². The molecule has 0 atom stereocenters. The second-order valence-electron chi connectivity index (χ2n) is 4.23. The predicted octanol–water partition coefficient (Wildman–Crippen LogP) is 2.78. The van der Waals surface area contributed by atoms with Gasteiger partial charge in [-0.25, -0.2) is 9.97 Å². The van der Waals surface area contributed by atoms with Gasteiger partial charge in [0.05, 0.1) is 16.7 Å². The first-order valence-electron chi connectivity index (χ1n) is 5.95. The number of H-pyrrole nitrogens is 1. The van der Waals surface area contributed by atoms with E-state index in [9.17, 15) is 0 Å². The summed E-state index contributed by atoms with van der Waals surface area (Å²) in [6, 6.07) is 8.09. The van der Waals surface area contributed by atoms with Gasteiger partial charge in [-0.3, -0.25) is 0 Å². The van der Waals surface area contributed by atoms with E-state index in [2.05, 4.69) is 15.0 Å². The average Bonchev–Trinajstić information content (AvgIpc) is 2.95. The van der Waals surface area contributed by atoms with Crippen molar-refractivity contribution in [1.29, 1.82) is 0 Å². The molecule has 2 heterocycles. The lowest BCUT2D eigenvalue weighted by atomic mass is 10.2. The van der Waals surface area contributed by atoms with Gasteiger partial charge in [0.2, 0.25) is 0 Å². The first-order valence-corrected chi connectivity index (χ1v) is 6.83. The Labute approximate surface area is 109 Å². The van der Waals surface area contributed by atoms with Crippen LogP contribution in [0, 0.1) is 0 Å². The fourth-order valence-corrected chi connectivity index (χ4v) is 2.60. The number of aromatic amines is 1. The molecule has 0 saturated heterocycles.